The topological polar surface area (TPSA) is 21.3 Å². The van der Waals surface area contributed by atoms with Crippen molar-refractivity contribution in [3.05, 3.63) is 0 Å². The van der Waals surface area contributed by atoms with Crippen LogP contribution in [0.15, 0.2) is 0 Å². The van der Waals surface area contributed by atoms with E-state index in [1.165, 1.54) is 0 Å². The van der Waals surface area contributed by atoms with Crippen LogP contribution in [0, 0.1) is 5.92 Å². The minimum absolute atomic E-state index is 0.0839. The number of hydrogen-bond donors (Lipinski definition) is 1. The highest BCUT2D eigenvalue weighted by molar-refractivity contribution is 4.84. The summed E-state index contributed by atoms with van der Waals surface area (Å²) in [6.07, 6.45) is 0.368. The molecule has 0 bridgehead atoms. The summed E-state index contributed by atoms with van der Waals surface area (Å²) in [4.78, 5) is 0. The second kappa shape index (κ2) is 2.51. The van der Waals surface area contributed by atoms with Crippen LogP contribution in [0.4, 0.5) is 0 Å². The highest BCUT2D eigenvalue weighted by atomic mass is 16.5. The molecule has 1 saturated heterocycles. The first-order valence-corrected chi connectivity index (χ1v) is 3.97. The smallest absolute Gasteiger partial charge is 0.119 e. The van der Waals surface area contributed by atoms with Crippen molar-refractivity contribution in [3.8, 4) is 0 Å². The van der Waals surface area contributed by atoms with Crippen LogP contribution >= 0.6 is 0 Å². The molecule has 0 aliphatic carbocycles. The van der Waals surface area contributed by atoms with Crippen molar-refractivity contribution >= 4 is 0 Å². The van der Waals surface area contributed by atoms with E-state index in [0.717, 1.165) is 6.54 Å². The molecule has 2 nitrogen and oxygen atoms in total. The Kier molecular flexibility index (Phi) is 2.02. The SMILES string of the molecule is CC1CNC(C)(C(C)C)O1. The molecule has 1 aliphatic rings. The van der Waals surface area contributed by atoms with Gasteiger partial charge in [-0.25, -0.2) is 0 Å². The van der Waals surface area contributed by atoms with Crippen LogP contribution in [0.5, 0.6) is 0 Å². The van der Waals surface area contributed by atoms with Crippen molar-refractivity contribution in [2.24, 2.45) is 5.92 Å². The lowest BCUT2D eigenvalue weighted by atomic mass is 10.0. The Balaban J connectivity index is 2.54. The molecule has 0 aromatic carbocycles. The quantitative estimate of drug-likeness (QED) is 0.598. The zero-order valence-electron chi connectivity index (χ0n) is 7.27. The van der Waals surface area contributed by atoms with Gasteiger partial charge in [0.15, 0.2) is 0 Å². The minimum atomic E-state index is -0.0839. The van der Waals surface area contributed by atoms with Gasteiger partial charge >= 0.3 is 0 Å². The summed E-state index contributed by atoms with van der Waals surface area (Å²) in [6, 6.07) is 0. The van der Waals surface area contributed by atoms with Crippen molar-refractivity contribution in [2.45, 2.75) is 39.5 Å². The third-order valence-corrected chi connectivity index (χ3v) is 2.29. The molecule has 1 rings (SSSR count). The van der Waals surface area contributed by atoms with Crippen LogP contribution in [-0.2, 0) is 4.74 Å². The molecule has 0 aromatic rings. The first-order chi connectivity index (χ1) is 4.54. The second-order valence-electron chi connectivity index (χ2n) is 3.57. The van der Waals surface area contributed by atoms with Crippen LogP contribution in [0.1, 0.15) is 27.7 Å². The molecule has 0 aromatic heterocycles. The fourth-order valence-electron chi connectivity index (χ4n) is 1.19. The Hall–Kier alpha value is -0.0800. The van der Waals surface area contributed by atoms with Gasteiger partial charge in [0.25, 0.3) is 0 Å². The number of rotatable bonds is 1. The Morgan fingerprint density at radius 3 is 2.40 bits per heavy atom. The number of nitrogens with one attached hydrogen (secondary N) is 1. The summed E-state index contributed by atoms with van der Waals surface area (Å²) in [5, 5.41) is 3.36. The molecule has 2 atom stereocenters. The largest absolute Gasteiger partial charge is 0.356 e. The third kappa shape index (κ3) is 1.32. The lowest BCUT2D eigenvalue weighted by molar-refractivity contribution is -0.0618. The van der Waals surface area contributed by atoms with E-state index in [9.17, 15) is 0 Å². The standard InChI is InChI=1S/C8H17NO/c1-6(2)8(4)9-5-7(3)10-8/h6-7,9H,5H2,1-4H3. The van der Waals surface area contributed by atoms with Crippen molar-refractivity contribution in [1.82, 2.24) is 5.32 Å². The Morgan fingerprint density at radius 2 is 2.20 bits per heavy atom. The van der Waals surface area contributed by atoms with Crippen molar-refractivity contribution in [2.75, 3.05) is 6.54 Å². The first-order valence-electron chi connectivity index (χ1n) is 3.97. The Morgan fingerprint density at radius 1 is 1.60 bits per heavy atom. The fraction of sp³-hybridized carbons (Fsp3) is 1.00. The van der Waals surface area contributed by atoms with Gasteiger partial charge in [-0.3, -0.25) is 5.32 Å². The van der Waals surface area contributed by atoms with Crippen molar-refractivity contribution in [1.29, 1.82) is 0 Å². The molecule has 2 heteroatoms. The molecule has 2 unspecified atom stereocenters. The molecule has 1 heterocycles. The minimum Gasteiger partial charge on any atom is -0.356 e. The predicted molar refractivity (Wildman–Crippen MR) is 41.8 cm³/mol. The summed E-state index contributed by atoms with van der Waals surface area (Å²) < 4.78 is 5.70. The Bertz CT molecular complexity index is 124. The van der Waals surface area contributed by atoms with Gasteiger partial charge in [-0.2, -0.15) is 0 Å². The maximum absolute atomic E-state index is 5.70. The highest BCUT2D eigenvalue weighted by Gasteiger charge is 2.35. The molecule has 60 valence electrons. The van der Waals surface area contributed by atoms with Crippen molar-refractivity contribution in [3.63, 3.8) is 0 Å². The molecule has 0 saturated carbocycles. The molecule has 10 heavy (non-hydrogen) atoms. The van der Waals surface area contributed by atoms with Gasteiger partial charge in [-0.05, 0) is 19.8 Å². The molecular weight excluding hydrogens is 126 g/mol. The summed E-state index contributed by atoms with van der Waals surface area (Å²) in [5.74, 6) is 0.539. The average Bonchev–Trinajstić information content (AvgIpc) is 2.13. The molecule has 1 aliphatic heterocycles. The fourth-order valence-corrected chi connectivity index (χ4v) is 1.19. The molecular formula is C8H17NO. The summed E-state index contributed by atoms with van der Waals surface area (Å²) >= 11 is 0. The maximum atomic E-state index is 5.70. The second-order valence-corrected chi connectivity index (χ2v) is 3.57. The molecule has 0 amide bonds. The van der Waals surface area contributed by atoms with Gasteiger partial charge in [0.2, 0.25) is 0 Å². The highest BCUT2D eigenvalue weighted by Crippen LogP contribution is 2.24. The molecule has 1 fully saturated rings. The van der Waals surface area contributed by atoms with E-state index in [0.29, 0.717) is 12.0 Å². The van der Waals surface area contributed by atoms with E-state index in [1.807, 2.05) is 0 Å². The first kappa shape index (κ1) is 8.02. The maximum Gasteiger partial charge on any atom is 0.119 e. The van der Waals surface area contributed by atoms with E-state index >= 15 is 0 Å². The van der Waals surface area contributed by atoms with Gasteiger partial charge < -0.3 is 4.74 Å². The van der Waals surface area contributed by atoms with E-state index in [1.54, 1.807) is 0 Å². The predicted octanol–water partition coefficient (Wildman–Crippen LogP) is 1.37. The van der Waals surface area contributed by atoms with Crippen LogP contribution in [0.2, 0.25) is 0 Å². The zero-order chi connectivity index (χ0) is 7.78. The van der Waals surface area contributed by atoms with E-state index in [-0.39, 0.29) is 5.72 Å². The number of hydrogen-bond acceptors (Lipinski definition) is 2. The zero-order valence-corrected chi connectivity index (χ0v) is 7.27. The molecule has 1 N–H and O–H groups in total. The lowest BCUT2D eigenvalue weighted by Crippen LogP contribution is -2.42. The van der Waals surface area contributed by atoms with E-state index < -0.39 is 0 Å². The summed E-state index contributed by atoms with van der Waals surface area (Å²) in [7, 11) is 0. The normalized spacial score (nSPS) is 41.1. The third-order valence-electron chi connectivity index (χ3n) is 2.29. The van der Waals surface area contributed by atoms with Gasteiger partial charge in [0, 0.05) is 6.54 Å². The van der Waals surface area contributed by atoms with Gasteiger partial charge in [0.1, 0.15) is 5.72 Å². The van der Waals surface area contributed by atoms with Gasteiger partial charge in [0.05, 0.1) is 6.10 Å². The van der Waals surface area contributed by atoms with E-state index in [4.69, 9.17) is 4.74 Å². The average molecular weight is 143 g/mol. The van der Waals surface area contributed by atoms with Crippen LogP contribution in [0.3, 0.4) is 0 Å². The summed E-state index contributed by atoms with van der Waals surface area (Å²) in [5.41, 5.74) is -0.0839. The van der Waals surface area contributed by atoms with Gasteiger partial charge in [-0.1, -0.05) is 13.8 Å². The van der Waals surface area contributed by atoms with Gasteiger partial charge in [-0.15, -0.1) is 0 Å². The molecule has 0 radical (unpaired) electrons. The van der Waals surface area contributed by atoms with Crippen LogP contribution < -0.4 is 5.32 Å². The van der Waals surface area contributed by atoms with E-state index in [2.05, 4.69) is 33.0 Å². The molecule has 0 spiro atoms. The van der Waals surface area contributed by atoms with Crippen LogP contribution in [0.25, 0.3) is 0 Å². The monoisotopic (exact) mass is 143 g/mol. The van der Waals surface area contributed by atoms with Crippen LogP contribution in [-0.4, -0.2) is 18.4 Å². The lowest BCUT2D eigenvalue weighted by Gasteiger charge is -2.28. The Labute approximate surface area is 63.0 Å². The number of ether oxygens (including phenoxy) is 1. The summed E-state index contributed by atoms with van der Waals surface area (Å²) in [6.45, 7) is 9.53. The van der Waals surface area contributed by atoms with Crippen molar-refractivity contribution < 1.29 is 4.74 Å².